The van der Waals surface area contributed by atoms with Crippen LogP contribution in [0, 0.1) is 11.7 Å². The quantitative estimate of drug-likeness (QED) is 0.486. The third kappa shape index (κ3) is 5.86. The van der Waals surface area contributed by atoms with Crippen LogP contribution in [-0.2, 0) is 20.9 Å². The topological polar surface area (TPSA) is 85.2 Å². The van der Waals surface area contributed by atoms with E-state index in [2.05, 4.69) is 15.7 Å². The van der Waals surface area contributed by atoms with Crippen LogP contribution in [-0.4, -0.2) is 40.4 Å². The lowest BCUT2D eigenvalue weighted by Gasteiger charge is -2.16. The Bertz CT molecular complexity index is 1220. The molecule has 0 unspecified atom stereocenters. The van der Waals surface area contributed by atoms with E-state index in [1.54, 1.807) is 30.3 Å². The van der Waals surface area contributed by atoms with E-state index in [4.69, 9.17) is 4.74 Å². The van der Waals surface area contributed by atoms with Crippen LogP contribution < -0.4 is 10.6 Å². The van der Waals surface area contributed by atoms with E-state index >= 15 is 0 Å². The number of hydrogen-bond donors (Lipinski definition) is 2. The first-order valence-electron chi connectivity index (χ1n) is 10.8. The Hall–Kier alpha value is -3.73. The number of hydrogen-bond acceptors (Lipinski definition) is 4. The Morgan fingerprint density at radius 3 is 2.63 bits per heavy atom. The molecule has 2 heterocycles. The molecule has 184 valence electrons. The molecule has 35 heavy (non-hydrogen) atoms. The largest absolute Gasteiger partial charge is 0.414 e. The smallest absolute Gasteiger partial charge is 0.364 e. The second-order valence-corrected chi connectivity index (χ2v) is 8.19. The molecule has 0 radical (unpaired) electrons. The predicted octanol–water partition coefficient (Wildman–Crippen LogP) is 4.22. The van der Waals surface area contributed by atoms with Crippen molar-refractivity contribution in [2.75, 3.05) is 11.9 Å². The molecule has 0 spiro atoms. The van der Waals surface area contributed by atoms with Crippen LogP contribution in [0.4, 0.5) is 23.4 Å². The van der Waals surface area contributed by atoms with E-state index in [1.165, 1.54) is 28.9 Å². The van der Waals surface area contributed by atoms with Gasteiger partial charge in [0.2, 0.25) is 11.8 Å². The molecule has 2 N–H and O–H groups in total. The van der Waals surface area contributed by atoms with Crippen molar-refractivity contribution in [2.24, 2.45) is 5.92 Å². The number of halogens is 4. The van der Waals surface area contributed by atoms with E-state index in [9.17, 15) is 27.2 Å². The Balaban J connectivity index is 1.63. The minimum Gasteiger partial charge on any atom is -0.364 e. The third-order valence-electron chi connectivity index (χ3n) is 5.56. The van der Waals surface area contributed by atoms with Crippen LogP contribution in [0.2, 0.25) is 0 Å². The van der Waals surface area contributed by atoms with Gasteiger partial charge in [-0.25, -0.2) is 9.07 Å². The number of anilines is 1. The summed E-state index contributed by atoms with van der Waals surface area (Å²) < 4.78 is 58.3. The van der Waals surface area contributed by atoms with Gasteiger partial charge in [-0.15, -0.1) is 5.10 Å². The highest BCUT2D eigenvalue weighted by molar-refractivity contribution is 5.97. The van der Waals surface area contributed by atoms with Crippen LogP contribution >= 0.6 is 0 Å². The Kier molecular flexibility index (Phi) is 6.88. The van der Waals surface area contributed by atoms with Gasteiger partial charge >= 0.3 is 6.18 Å². The van der Waals surface area contributed by atoms with Gasteiger partial charge < -0.3 is 15.4 Å². The number of alkyl halides is 3. The minimum atomic E-state index is -4.47. The van der Waals surface area contributed by atoms with Gasteiger partial charge in [0.15, 0.2) is 11.9 Å². The Morgan fingerprint density at radius 2 is 1.97 bits per heavy atom. The monoisotopic (exact) mass is 490 g/mol. The first-order valence-corrected chi connectivity index (χ1v) is 10.8. The van der Waals surface area contributed by atoms with Gasteiger partial charge in [-0.2, -0.15) is 13.2 Å². The molecule has 0 aliphatic carbocycles. The third-order valence-corrected chi connectivity index (χ3v) is 5.56. The number of aromatic nitrogens is 2. The molecule has 3 aromatic rings. The predicted molar refractivity (Wildman–Crippen MR) is 119 cm³/mol. The van der Waals surface area contributed by atoms with E-state index in [0.29, 0.717) is 22.5 Å². The van der Waals surface area contributed by atoms with Crippen molar-refractivity contribution >= 4 is 17.6 Å². The summed E-state index contributed by atoms with van der Waals surface area (Å²) >= 11 is 0. The Morgan fingerprint density at radius 1 is 1.23 bits per heavy atom. The summed E-state index contributed by atoms with van der Waals surface area (Å²) in [5, 5.41) is 9.73. The summed E-state index contributed by atoms with van der Waals surface area (Å²) in [6.07, 6.45) is -6.31. The van der Waals surface area contributed by atoms with Gasteiger partial charge in [0.25, 0.3) is 0 Å². The van der Waals surface area contributed by atoms with Crippen molar-refractivity contribution in [3.8, 4) is 16.9 Å². The van der Waals surface area contributed by atoms with Gasteiger partial charge in [0.05, 0.1) is 23.9 Å². The van der Waals surface area contributed by atoms with Crippen LogP contribution in [0.15, 0.2) is 54.6 Å². The molecule has 1 fully saturated rings. The number of carbonyl (C=O) groups is 2. The highest BCUT2D eigenvalue weighted by Gasteiger charge is 2.36. The average molecular weight is 490 g/mol. The summed E-state index contributed by atoms with van der Waals surface area (Å²) in [5.74, 6) is -1.34. The lowest BCUT2D eigenvalue weighted by atomic mass is 10.1. The van der Waals surface area contributed by atoms with E-state index in [0.717, 1.165) is 6.92 Å². The molecule has 2 aromatic carbocycles. The summed E-state index contributed by atoms with van der Waals surface area (Å²) in [4.78, 5) is 24.0. The molecule has 1 aliphatic rings. The number of nitrogens with one attached hydrogen (secondary N) is 2. The zero-order valence-electron chi connectivity index (χ0n) is 18.6. The summed E-state index contributed by atoms with van der Waals surface area (Å²) in [5.41, 5.74) is 2.12. The summed E-state index contributed by atoms with van der Waals surface area (Å²) in [6.45, 7) is 0.913. The van der Waals surface area contributed by atoms with Crippen molar-refractivity contribution in [2.45, 2.75) is 32.2 Å². The summed E-state index contributed by atoms with van der Waals surface area (Å²) in [6, 6.07) is 13.8. The second kappa shape index (κ2) is 9.87. The van der Waals surface area contributed by atoms with Crippen molar-refractivity contribution in [3.05, 3.63) is 66.0 Å². The van der Waals surface area contributed by atoms with Crippen molar-refractivity contribution in [1.29, 1.82) is 0 Å². The van der Waals surface area contributed by atoms with Gasteiger partial charge in [0, 0.05) is 24.6 Å². The van der Waals surface area contributed by atoms with Gasteiger partial charge in [-0.05, 0) is 42.8 Å². The molecule has 0 saturated carbocycles. The number of benzene rings is 2. The van der Waals surface area contributed by atoms with Crippen LogP contribution in [0.5, 0.6) is 0 Å². The first-order chi connectivity index (χ1) is 16.6. The Labute approximate surface area is 198 Å². The molecule has 1 aliphatic heterocycles. The maximum Gasteiger partial charge on any atom is 0.414 e. The number of ether oxygens (including phenoxy) is 1. The number of amides is 2. The van der Waals surface area contributed by atoms with Gasteiger partial charge in [0.1, 0.15) is 5.82 Å². The lowest BCUT2D eigenvalue weighted by molar-refractivity contribution is -0.217. The van der Waals surface area contributed by atoms with Crippen LogP contribution in [0.1, 0.15) is 18.9 Å². The molecule has 4 rings (SSSR count). The fourth-order valence-corrected chi connectivity index (χ4v) is 3.58. The number of nitrogens with zero attached hydrogens (tertiary/aromatic N) is 2. The summed E-state index contributed by atoms with van der Waals surface area (Å²) in [7, 11) is 0. The second-order valence-electron chi connectivity index (χ2n) is 8.19. The van der Waals surface area contributed by atoms with Crippen LogP contribution in [0.3, 0.4) is 0 Å². The first kappa shape index (κ1) is 24.4. The molecule has 1 saturated heterocycles. The lowest BCUT2D eigenvalue weighted by Crippen LogP contribution is -2.28. The van der Waals surface area contributed by atoms with E-state index in [-0.39, 0.29) is 37.2 Å². The van der Waals surface area contributed by atoms with Crippen molar-refractivity contribution in [3.63, 3.8) is 0 Å². The van der Waals surface area contributed by atoms with Gasteiger partial charge in [-0.3, -0.25) is 9.59 Å². The average Bonchev–Trinajstić information content (AvgIpc) is 3.44. The van der Waals surface area contributed by atoms with Crippen molar-refractivity contribution < 1.29 is 31.9 Å². The molecule has 2 amide bonds. The highest BCUT2D eigenvalue weighted by Crippen LogP contribution is 2.29. The fraction of sp³-hybridized carbons (Fsp3) is 0.292. The highest BCUT2D eigenvalue weighted by atomic mass is 19.4. The van der Waals surface area contributed by atoms with Gasteiger partial charge in [-0.1, -0.05) is 18.2 Å². The normalized spacial score (nSPS) is 16.7. The molecular formula is C24H22F4N4O3. The molecule has 11 heteroatoms. The SMILES string of the molecule is C[C@@H](OCc1cccc(-c2cc(NC(=O)[C@@H]3CNC(=O)C3)nn2-c2ccc(F)cc2)c1)C(F)(F)F. The maximum atomic E-state index is 13.5. The number of rotatable bonds is 7. The zero-order valence-corrected chi connectivity index (χ0v) is 18.6. The fourth-order valence-electron chi connectivity index (χ4n) is 3.58. The standard InChI is InChI=1S/C24H22F4N4O3/c1-14(24(26,27)28)35-13-15-3-2-4-16(9-15)20-11-21(30-23(34)17-10-22(33)29-12-17)31-32(20)19-7-5-18(25)6-8-19/h2-9,11,14,17H,10,12-13H2,1H3,(H,29,33)(H,30,31,34)/t14-,17+/m1/s1. The maximum absolute atomic E-state index is 13.5. The van der Waals surface area contributed by atoms with Crippen molar-refractivity contribution in [1.82, 2.24) is 15.1 Å². The molecule has 1 aromatic heterocycles. The zero-order chi connectivity index (χ0) is 25.2. The van der Waals surface area contributed by atoms with E-state index in [1.807, 2.05) is 0 Å². The van der Waals surface area contributed by atoms with Crippen LogP contribution in [0.25, 0.3) is 16.9 Å². The minimum absolute atomic E-state index is 0.0791. The number of carbonyl (C=O) groups excluding carboxylic acids is 2. The van der Waals surface area contributed by atoms with E-state index < -0.39 is 24.0 Å². The molecule has 0 bridgehead atoms. The molecule has 7 nitrogen and oxygen atoms in total. The molecular weight excluding hydrogens is 468 g/mol. The molecule has 2 atom stereocenters.